The van der Waals surface area contributed by atoms with Crippen molar-refractivity contribution in [2.45, 2.75) is 30.6 Å². The lowest BCUT2D eigenvalue weighted by Crippen LogP contribution is -2.38. The summed E-state index contributed by atoms with van der Waals surface area (Å²) >= 11 is 0. The van der Waals surface area contributed by atoms with Gasteiger partial charge in [-0.1, -0.05) is 0 Å². The fraction of sp³-hybridized carbons (Fsp3) is 0.667. The smallest absolute Gasteiger partial charge is 0.220 e. The minimum absolute atomic E-state index is 0.134. The Bertz CT molecular complexity index is 490. The van der Waals surface area contributed by atoms with Crippen LogP contribution in [0.25, 0.3) is 0 Å². The first-order chi connectivity index (χ1) is 8.69. The van der Waals surface area contributed by atoms with Gasteiger partial charge in [-0.25, -0.2) is 8.42 Å². The van der Waals surface area contributed by atoms with Crippen molar-refractivity contribution in [3.63, 3.8) is 0 Å². The highest BCUT2D eigenvalue weighted by molar-refractivity contribution is 7.89. The molecule has 0 spiro atoms. The molecule has 6 heteroatoms. The average molecular weight is 271 g/mol. The molecule has 0 N–H and O–H groups in total. The van der Waals surface area contributed by atoms with E-state index >= 15 is 0 Å². The molecule has 3 heterocycles. The maximum absolute atomic E-state index is 12.5. The van der Waals surface area contributed by atoms with E-state index in [1.165, 1.54) is 0 Å². The summed E-state index contributed by atoms with van der Waals surface area (Å²) in [6, 6.07) is 3.52. The van der Waals surface area contributed by atoms with Gasteiger partial charge in [-0.2, -0.15) is 4.31 Å². The molecule has 0 aliphatic carbocycles. The molecule has 0 saturated carbocycles. The molecule has 1 aromatic rings. The van der Waals surface area contributed by atoms with Gasteiger partial charge in [0.25, 0.3) is 0 Å². The highest BCUT2D eigenvalue weighted by Crippen LogP contribution is 2.36. The lowest BCUT2D eigenvalue weighted by Gasteiger charge is -2.25. The van der Waals surface area contributed by atoms with Crippen LogP contribution in [-0.2, 0) is 14.8 Å². The third-order valence-electron chi connectivity index (χ3n) is 3.71. The minimum Gasteiger partial charge on any atom is -0.468 e. The van der Waals surface area contributed by atoms with Crippen LogP contribution >= 0.6 is 0 Å². The Balaban J connectivity index is 1.86. The van der Waals surface area contributed by atoms with Crippen molar-refractivity contribution in [2.75, 3.05) is 19.8 Å². The van der Waals surface area contributed by atoms with Gasteiger partial charge in [0.05, 0.1) is 18.9 Å². The summed E-state index contributed by atoms with van der Waals surface area (Å²) in [7, 11) is -3.27. The number of hydrogen-bond donors (Lipinski definition) is 0. The van der Waals surface area contributed by atoms with Gasteiger partial charge in [-0.15, -0.1) is 0 Å². The molecule has 0 bridgehead atoms. The molecule has 3 rings (SSSR count). The molecule has 0 aromatic carbocycles. The van der Waals surface area contributed by atoms with Crippen LogP contribution in [0.4, 0.5) is 0 Å². The van der Waals surface area contributed by atoms with Crippen LogP contribution in [0.5, 0.6) is 0 Å². The Kier molecular flexibility index (Phi) is 3.17. The van der Waals surface area contributed by atoms with Crippen LogP contribution < -0.4 is 0 Å². The fourth-order valence-electron chi connectivity index (χ4n) is 2.75. The van der Waals surface area contributed by atoms with E-state index in [0.29, 0.717) is 26.2 Å². The number of ether oxygens (including phenoxy) is 1. The predicted molar refractivity (Wildman–Crippen MR) is 65.5 cm³/mol. The summed E-state index contributed by atoms with van der Waals surface area (Å²) in [5.41, 5.74) is 0. The number of furan rings is 1. The first-order valence-corrected chi connectivity index (χ1v) is 7.82. The number of rotatable bonds is 3. The van der Waals surface area contributed by atoms with Crippen molar-refractivity contribution in [1.82, 2.24) is 4.31 Å². The average Bonchev–Trinajstić information content (AvgIpc) is 3.11. The van der Waals surface area contributed by atoms with E-state index in [2.05, 4.69) is 0 Å². The third-order valence-corrected chi connectivity index (χ3v) is 6.02. The van der Waals surface area contributed by atoms with Crippen molar-refractivity contribution in [3.8, 4) is 0 Å². The first kappa shape index (κ1) is 12.2. The summed E-state index contributed by atoms with van der Waals surface area (Å²) in [6.45, 7) is 1.46. The lowest BCUT2D eigenvalue weighted by molar-refractivity contribution is 0.197. The summed E-state index contributed by atoms with van der Waals surface area (Å²) in [5, 5.41) is -0.381. The molecule has 2 unspecified atom stereocenters. The van der Waals surface area contributed by atoms with Gasteiger partial charge in [0.15, 0.2) is 0 Å². The van der Waals surface area contributed by atoms with E-state index in [9.17, 15) is 8.42 Å². The maximum atomic E-state index is 12.5. The zero-order valence-corrected chi connectivity index (χ0v) is 10.9. The first-order valence-electron chi connectivity index (χ1n) is 6.31. The van der Waals surface area contributed by atoms with Gasteiger partial charge in [-0.3, -0.25) is 0 Å². The van der Waals surface area contributed by atoms with Gasteiger partial charge in [-0.05, 0) is 31.4 Å². The lowest BCUT2D eigenvalue weighted by atomic mass is 10.2. The van der Waals surface area contributed by atoms with Gasteiger partial charge < -0.3 is 9.15 Å². The molecule has 2 fully saturated rings. The summed E-state index contributed by atoms with van der Waals surface area (Å²) in [4.78, 5) is 0. The second-order valence-electron chi connectivity index (χ2n) is 4.81. The van der Waals surface area contributed by atoms with Gasteiger partial charge in [0.1, 0.15) is 11.0 Å². The Labute approximate surface area is 107 Å². The Morgan fingerprint density at radius 2 is 2.22 bits per heavy atom. The molecule has 100 valence electrons. The normalized spacial score (nSPS) is 30.0. The molecule has 2 aliphatic heterocycles. The molecule has 2 saturated heterocycles. The quantitative estimate of drug-likeness (QED) is 0.836. The second-order valence-corrected chi connectivity index (χ2v) is 6.98. The van der Waals surface area contributed by atoms with E-state index in [0.717, 1.165) is 18.6 Å². The number of sulfonamides is 1. The van der Waals surface area contributed by atoms with Crippen LogP contribution in [0, 0.1) is 0 Å². The standard InChI is InChI=1S/C12H17NO4S/c14-18(15,10-5-8-16-9-10)13-6-1-3-11(13)12-4-2-7-17-12/h2,4,7,10-11H,1,3,5-6,8-9H2. The zero-order chi connectivity index (χ0) is 12.6. The minimum atomic E-state index is -3.27. The molecule has 18 heavy (non-hydrogen) atoms. The van der Waals surface area contributed by atoms with Gasteiger partial charge in [0.2, 0.25) is 10.0 Å². The zero-order valence-electron chi connectivity index (χ0n) is 10.1. The Morgan fingerprint density at radius 1 is 1.33 bits per heavy atom. The van der Waals surface area contributed by atoms with E-state index in [-0.39, 0.29) is 11.3 Å². The van der Waals surface area contributed by atoms with Crippen molar-refractivity contribution < 1.29 is 17.6 Å². The van der Waals surface area contributed by atoms with Crippen LogP contribution in [-0.4, -0.2) is 37.7 Å². The maximum Gasteiger partial charge on any atom is 0.220 e. The molecule has 0 radical (unpaired) electrons. The van der Waals surface area contributed by atoms with E-state index in [1.54, 1.807) is 16.6 Å². The van der Waals surface area contributed by atoms with Gasteiger partial charge in [0, 0.05) is 13.2 Å². The molecule has 1 aromatic heterocycles. The molecule has 2 atom stereocenters. The summed E-state index contributed by atoms with van der Waals surface area (Å²) < 4.78 is 37.3. The largest absolute Gasteiger partial charge is 0.468 e. The van der Waals surface area contributed by atoms with Crippen LogP contribution in [0.1, 0.15) is 31.1 Å². The fourth-order valence-corrected chi connectivity index (χ4v) is 4.74. The molecule has 5 nitrogen and oxygen atoms in total. The predicted octanol–water partition coefficient (Wildman–Crippen LogP) is 1.54. The summed E-state index contributed by atoms with van der Waals surface area (Å²) in [5.74, 6) is 0.745. The van der Waals surface area contributed by atoms with E-state index < -0.39 is 10.0 Å². The highest BCUT2D eigenvalue weighted by Gasteiger charge is 2.42. The van der Waals surface area contributed by atoms with Crippen LogP contribution in [0.2, 0.25) is 0 Å². The number of nitrogens with zero attached hydrogens (tertiary/aromatic N) is 1. The van der Waals surface area contributed by atoms with E-state index in [4.69, 9.17) is 9.15 Å². The Morgan fingerprint density at radius 3 is 2.89 bits per heavy atom. The SMILES string of the molecule is O=S(=O)(C1CCOC1)N1CCCC1c1ccco1. The monoisotopic (exact) mass is 271 g/mol. The van der Waals surface area contributed by atoms with Crippen LogP contribution in [0.3, 0.4) is 0 Å². The van der Waals surface area contributed by atoms with Crippen molar-refractivity contribution in [3.05, 3.63) is 24.2 Å². The third kappa shape index (κ3) is 1.98. The van der Waals surface area contributed by atoms with Gasteiger partial charge >= 0.3 is 0 Å². The Hall–Kier alpha value is -0.850. The topological polar surface area (TPSA) is 59.8 Å². The molecule has 2 aliphatic rings. The second kappa shape index (κ2) is 4.68. The van der Waals surface area contributed by atoms with E-state index in [1.807, 2.05) is 6.07 Å². The molecule has 0 amide bonds. The molecular formula is C12H17NO4S. The van der Waals surface area contributed by atoms with Crippen LogP contribution in [0.15, 0.2) is 22.8 Å². The van der Waals surface area contributed by atoms with Crippen molar-refractivity contribution in [2.24, 2.45) is 0 Å². The van der Waals surface area contributed by atoms with Crippen molar-refractivity contribution >= 4 is 10.0 Å². The number of hydrogen-bond acceptors (Lipinski definition) is 4. The highest BCUT2D eigenvalue weighted by atomic mass is 32.2. The summed E-state index contributed by atoms with van der Waals surface area (Å²) in [6.07, 6.45) is 3.92. The molecular weight excluding hydrogens is 254 g/mol. The van der Waals surface area contributed by atoms with Crippen molar-refractivity contribution in [1.29, 1.82) is 0 Å².